The molecule has 72 valence electrons. The summed E-state index contributed by atoms with van der Waals surface area (Å²) in [5.41, 5.74) is 0.230. The number of hydrogen-bond donors (Lipinski definition) is 1. The van der Waals surface area contributed by atoms with Crippen molar-refractivity contribution in [2.45, 2.75) is 26.3 Å². The maximum Gasteiger partial charge on any atom is 0.355 e. The van der Waals surface area contributed by atoms with Crippen LogP contribution in [0.25, 0.3) is 0 Å². The van der Waals surface area contributed by atoms with Gasteiger partial charge in [0.05, 0.1) is 10.7 Å². The Morgan fingerprint density at radius 1 is 1.77 bits per heavy atom. The molecule has 0 aromatic carbocycles. The van der Waals surface area contributed by atoms with Gasteiger partial charge >= 0.3 is 5.97 Å². The summed E-state index contributed by atoms with van der Waals surface area (Å²) in [6, 6.07) is 0. The summed E-state index contributed by atoms with van der Waals surface area (Å²) in [6.07, 6.45) is 3.48. The summed E-state index contributed by atoms with van der Waals surface area (Å²) in [7, 11) is 0. The van der Waals surface area contributed by atoms with E-state index in [1.165, 1.54) is 10.9 Å². The fourth-order valence-corrected chi connectivity index (χ4v) is 1.52. The highest BCUT2D eigenvalue weighted by Gasteiger charge is 2.14. The van der Waals surface area contributed by atoms with Crippen LogP contribution in [0.2, 0.25) is 0 Å². The fraction of sp³-hybridized carbons (Fsp3) is 0.500. The Kier molecular flexibility index (Phi) is 3.48. The van der Waals surface area contributed by atoms with Crippen LogP contribution in [-0.2, 0) is 6.54 Å². The molecule has 0 fully saturated rings. The molecular formula is C8H11BrN2O2. The highest BCUT2D eigenvalue weighted by molar-refractivity contribution is 9.10. The van der Waals surface area contributed by atoms with Gasteiger partial charge in [-0.3, -0.25) is 4.68 Å². The molecule has 1 N–H and O–H groups in total. The number of aromatic carboxylic acids is 1. The zero-order valence-electron chi connectivity index (χ0n) is 7.33. The quantitative estimate of drug-likeness (QED) is 0.886. The molecule has 0 spiro atoms. The molecule has 1 heterocycles. The van der Waals surface area contributed by atoms with Gasteiger partial charge in [-0.15, -0.1) is 0 Å². The number of halogens is 1. The Labute approximate surface area is 84.7 Å². The summed E-state index contributed by atoms with van der Waals surface area (Å²) in [5.74, 6) is -0.944. The van der Waals surface area contributed by atoms with E-state index in [0.29, 0.717) is 11.0 Å². The maximum atomic E-state index is 10.8. The van der Waals surface area contributed by atoms with Crippen molar-refractivity contribution in [1.82, 2.24) is 9.78 Å². The first-order valence-corrected chi connectivity index (χ1v) is 4.90. The van der Waals surface area contributed by atoms with E-state index in [1.54, 1.807) is 0 Å². The van der Waals surface area contributed by atoms with Crippen LogP contribution in [0.3, 0.4) is 0 Å². The van der Waals surface area contributed by atoms with Crippen LogP contribution in [0.15, 0.2) is 10.7 Å². The third kappa shape index (κ3) is 2.30. The molecule has 0 aliphatic heterocycles. The molecule has 5 heteroatoms. The number of unbranched alkanes of at least 4 members (excludes halogenated alkanes) is 1. The summed E-state index contributed by atoms with van der Waals surface area (Å²) in [6.45, 7) is 2.71. The summed E-state index contributed by atoms with van der Waals surface area (Å²) >= 11 is 3.15. The van der Waals surface area contributed by atoms with Crippen LogP contribution in [-0.4, -0.2) is 20.9 Å². The molecule has 0 bridgehead atoms. The van der Waals surface area contributed by atoms with Gasteiger partial charge in [-0.05, 0) is 22.4 Å². The number of hydrogen-bond acceptors (Lipinski definition) is 2. The number of aryl methyl sites for hydroxylation is 1. The van der Waals surface area contributed by atoms with Gasteiger partial charge in [0.2, 0.25) is 0 Å². The highest BCUT2D eigenvalue weighted by Crippen LogP contribution is 2.16. The van der Waals surface area contributed by atoms with Crippen LogP contribution < -0.4 is 0 Å². The molecular weight excluding hydrogens is 236 g/mol. The summed E-state index contributed by atoms with van der Waals surface area (Å²) in [5, 5.41) is 12.8. The van der Waals surface area contributed by atoms with Crippen molar-refractivity contribution < 1.29 is 9.90 Å². The van der Waals surface area contributed by atoms with E-state index in [1.807, 2.05) is 0 Å². The van der Waals surface area contributed by atoms with Gasteiger partial charge in [-0.1, -0.05) is 13.3 Å². The predicted octanol–water partition coefficient (Wildman–Crippen LogP) is 2.14. The third-order valence-electron chi connectivity index (χ3n) is 1.72. The summed E-state index contributed by atoms with van der Waals surface area (Å²) in [4.78, 5) is 10.8. The second kappa shape index (κ2) is 4.41. The standard InChI is InChI=1S/C8H11BrN2O2/c1-2-3-4-11-7(8(12)13)6(9)5-10-11/h5H,2-4H2,1H3,(H,12,13). The van der Waals surface area contributed by atoms with Crippen molar-refractivity contribution in [1.29, 1.82) is 0 Å². The Bertz CT molecular complexity index is 309. The number of carboxylic acids is 1. The Morgan fingerprint density at radius 3 is 3.00 bits per heavy atom. The normalized spacial score (nSPS) is 10.3. The lowest BCUT2D eigenvalue weighted by atomic mass is 10.3. The van der Waals surface area contributed by atoms with Gasteiger partial charge in [0, 0.05) is 6.54 Å². The van der Waals surface area contributed by atoms with Crippen LogP contribution in [0, 0.1) is 0 Å². The number of nitrogens with zero attached hydrogens (tertiary/aromatic N) is 2. The lowest BCUT2D eigenvalue weighted by Crippen LogP contribution is -2.10. The Hall–Kier alpha value is -0.840. The number of rotatable bonds is 4. The molecule has 4 nitrogen and oxygen atoms in total. The van der Waals surface area contributed by atoms with E-state index in [-0.39, 0.29) is 5.69 Å². The molecule has 0 amide bonds. The molecule has 0 saturated carbocycles. The molecule has 1 aromatic heterocycles. The number of aromatic nitrogens is 2. The van der Waals surface area contributed by atoms with Crippen molar-refractivity contribution in [2.75, 3.05) is 0 Å². The zero-order chi connectivity index (χ0) is 9.84. The minimum absolute atomic E-state index is 0.230. The first-order chi connectivity index (χ1) is 6.16. The minimum Gasteiger partial charge on any atom is -0.476 e. The zero-order valence-corrected chi connectivity index (χ0v) is 8.91. The van der Waals surface area contributed by atoms with E-state index >= 15 is 0 Å². The topological polar surface area (TPSA) is 55.1 Å². The maximum absolute atomic E-state index is 10.8. The van der Waals surface area contributed by atoms with E-state index in [0.717, 1.165) is 12.8 Å². The van der Waals surface area contributed by atoms with Crippen molar-refractivity contribution in [3.8, 4) is 0 Å². The van der Waals surface area contributed by atoms with Gasteiger partial charge in [0.1, 0.15) is 0 Å². The molecule has 0 atom stereocenters. The summed E-state index contributed by atoms with van der Waals surface area (Å²) < 4.78 is 2.05. The molecule has 1 aromatic rings. The van der Waals surface area contributed by atoms with Gasteiger partial charge in [-0.2, -0.15) is 5.10 Å². The second-order valence-corrected chi connectivity index (χ2v) is 3.58. The Balaban J connectivity index is 2.87. The van der Waals surface area contributed by atoms with Gasteiger partial charge in [0.15, 0.2) is 5.69 Å². The first-order valence-electron chi connectivity index (χ1n) is 4.11. The molecule has 0 aliphatic carbocycles. The van der Waals surface area contributed by atoms with Crippen LogP contribution in [0.5, 0.6) is 0 Å². The average Bonchev–Trinajstić information content (AvgIpc) is 2.43. The molecule has 13 heavy (non-hydrogen) atoms. The highest BCUT2D eigenvalue weighted by atomic mass is 79.9. The fourth-order valence-electron chi connectivity index (χ4n) is 1.05. The minimum atomic E-state index is -0.944. The predicted molar refractivity (Wildman–Crippen MR) is 51.8 cm³/mol. The SMILES string of the molecule is CCCCn1ncc(Br)c1C(=O)O. The molecule has 1 rings (SSSR count). The third-order valence-corrected chi connectivity index (χ3v) is 2.30. The van der Waals surface area contributed by atoms with Crippen molar-refractivity contribution in [3.05, 3.63) is 16.4 Å². The van der Waals surface area contributed by atoms with Crippen molar-refractivity contribution >= 4 is 21.9 Å². The van der Waals surface area contributed by atoms with Gasteiger partial charge < -0.3 is 5.11 Å². The average molecular weight is 247 g/mol. The Morgan fingerprint density at radius 2 is 2.46 bits per heavy atom. The monoisotopic (exact) mass is 246 g/mol. The van der Waals surface area contributed by atoms with Gasteiger partial charge in [-0.25, -0.2) is 4.79 Å². The van der Waals surface area contributed by atoms with E-state index in [2.05, 4.69) is 28.0 Å². The lowest BCUT2D eigenvalue weighted by molar-refractivity contribution is 0.0682. The molecule has 0 unspecified atom stereocenters. The van der Waals surface area contributed by atoms with Crippen molar-refractivity contribution in [3.63, 3.8) is 0 Å². The molecule has 0 aliphatic rings. The molecule has 0 saturated heterocycles. The van der Waals surface area contributed by atoms with Crippen LogP contribution in [0.4, 0.5) is 0 Å². The van der Waals surface area contributed by atoms with E-state index in [4.69, 9.17) is 5.11 Å². The van der Waals surface area contributed by atoms with E-state index in [9.17, 15) is 4.79 Å². The lowest BCUT2D eigenvalue weighted by Gasteiger charge is -2.02. The largest absolute Gasteiger partial charge is 0.476 e. The van der Waals surface area contributed by atoms with Gasteiger partial charge in [0.25, 0.3) is 0 Å². The number of carbonyl (C=O) groups is 1. The second-order valence-electron chi connectivity index (χ2n) is 2.72. The smallest absolute Gasteiger partial charge is 0.355 e. The molecule has 0 radical (unpaired) electrons. The van der Waals surface area contributed by atoms with E-state index < -0.39 is 5.97 Å². The van der Waals surface area contributed by atoms with Crippen molar-refractivity contribution in [2.24, 2.45) is 0 Å². The van der Waals surface area contributed by atoms with Crippen LogP contribution in [0.1, 0.15) is 30.3 Å². The van der Waals surface area contributed by atoms with Crippen LogP contribution >= 0.6 is 15.9 Å². The first kappa shape index (κ1) is 10.2. The number of carboxylic acid groups (broad SMARTS) is 1.